The van der Waals surface area contributed by atoms with Crippen LogP contribution in [0.1, 0.15) is 27.2 Å². The molecule has 92 valence electrons. The maximum absolute atomic E-state index is 11.4. The van der Waals surface area contributed by atoms with Crippen LogP contribution in [0, 0.1) is 5.92 Å². The largest absolute Gasteiger partial charge is 0.312 e. The third-order valence-electron chi connectivity index (χ3n) is 2.31. The first-order valence-electron chi connectivity index (χ1n) is 5.42. The van der Waals surface area contributed by atoms with Crippen molar-refractivity contribution in [3.63, 3.8) is 0 Å². The third-order valence-corrected chi connectivity index (χ3v) is 5.11. The second-order valence-corrected chi connectivity index (χ2v) is 7.30. The molecule has 0 bridgehead atoms. The van der Waals surface area contributed by atoms with Crippen molar-refractivity contribution in [1.82, 2.24) is 5.32 Å². The summed E-state index contributed by atoms with van der Waals surface area (Å²) in [5.41, 5.74) is 0. The number of halogens is 1. The third kappa shape index (κ3) is 7.52. The first kappa shape index (κ1) is 15.6. The molecular formula is C10H22INO2S. The number of sulfone groups is 1. The smallest absolute Gasteiger partial charge is 0.151 e. The molecule has 0 saturated carbocycles. The van der Waals surface area contributed by atoms with Gasteiger partial charge < -0.3 is 5.32 Å². The lowest BCUT2D eigenvalue weighted by Crippen LogP contribution is -2.38. The summed E-state index contributed by atoms with van der Waals surface area (Å²) in [6, 6.07) is 0.419. The summed E-state index contributed by atoms with van der Waals surface area (Å²) in [6.07, 6.45) is 0.711. The van der Waals surface area contributed by atoms with Crippen LogP contribution in [0.4, 0.5) is 0 Å². The van der Waals surface area contributed by atoms with E-state index in [-0.39, 0.29) is 5.75 Å². The van der Waals surface area contributed by atoms with Crippen LogP contribution in [-0.4, -0.2) is 36.9 Å². The van der Waals surface area contributed by atoms with Crippen LogP contribution in [0.25, 0.3) is 0 Å². The van der Waals surface area contributed by atoms with Gasteiger partial charge in [0.1, 0.15) is 0 Å². The molecule has 0 heterocycles. The molecule has 1 N–H and O–H groups in total. The molecule has 1 atom stereocenters. The van der Waals surface area contributed by atoms with Crippen LogP contribution >= 0.6 is 22.6 Å². The van der Waals surface area contributed by atoms with Crippen molar-refractivity contribution in [2.45, 2.75) is 33.2 Å². The molecular weight excluding hydrogens is 325 g/mol. The molecule has 0 aliphatic carbocycles. The summed E-state index contributed by atoms with van der Waals surface area (Å²) >= 11 is 2.33. The molecule has 3 nitrogen and oxygen atoms in total. The van der Waals surface area contributed by atoms with Crippen molar-refractivity contribution in [3.05, 3.63) is 0 Å². The van der Waals surface area contributed by atoms with Crippen LogP contribution in [0.3, 0.4) is 0 Å². The summed E-state index contributed by atoms with van der Waals surface area (Å²) < 4.78 is 23.9. The highest BCUT2D eigenvalue weighted by atomic mass is 127. The van der Waals surface area contributed by atoms with Crippen LogP contribution in [0.15, 0.2) is 0 Å². The SMILES string of the molecule is CCCS(=O)(=O)CCNC(CI)C(C)C. The summed E-state index contributed by atoms with van der Waals surface area (Å²) in [6.45, 7) is 6.77. The predicted octanol–water partition coefficient (Wildman–Crippen LogP) is 1.86. The molecule has 1 unspecified atom stereocenters. The van der Waals surface area contributed by atoms with E-state index in [0.29, 0.717) is 30.7 Å². The van der Waals surface area contributed by atoms with Gasteiger partial charge in [-0.15, -0.1) is 0 Å². The van der Waals surface area contributed by atoms with Gasteiger partial charge in [0.2, 0.25) is 0 Å². The Hall–Kier alpha value is 0.640. The van der Waals surface area contributed by atoms with Gasteiger partial charge in [-0.2, -0.15) is 0 Å². The van der Waals surface area contributed by atoms with Gasteiger partial charge >= 0.3 is 0 Å². The van der Waals surface area contributed by atoms with E-state index in [2.05, 4.69) is 41.8 Å². The van der Waals surface area contributed by atoms with E-state index in [4.69, 9.17) is 0 Å². The Bertz CT molecular complexity index is 252. The Morgan fingerprint density at radius 1 is 1.27 bits per heavy atom. The lowest BCUT2D eigenvalue weighted by Gasteiger charge is -2.19. The van der Waals surface area contributed by atoms with E-state index in [0.717, 1.165) is 4.43 Å². The average Bonchev–Trinajstić information content (AvgIpc) is 2.11. The second-order valence-electron chi connectivity index (χ2n) is 4.11. The van der Waals surface area contributed by atoms with Gasteiger partial charge in [0.05, 0.1) is 5.75 Å². The summed E-state index contributed by atoms with van der Waals surface area (Å²) in [4.78, 5) is 0. The molecule has 0 aromatic rings. The van der Waals surface area contributed by atoms with Crippen molar-refractivity contribution in [2.75, 3.05) is 22.5 Å². The van der Waals surface area contributed by atoms with Crippen LogP contribution in [0.5, 0.6) is 0 Å². The molecule has 0 spiro atoms. The summed E-state index contributed by atoms with van der Waals surface area (Å²) in [7, 11) is -2.83. The van der Waals surface area contributed by atoms with Crippen molar-refractivity contribution < 1.29 is 8.42 Å². The minimum Gasteiger partial charge on any atom is -0.312 e. The lowest BCUT2D eigenvalue weighted by atomic mass is 10.1. The fourth-order valence-corrected chi connectivity index (χ4v) is 3.86. The maximum Gasteiger partial charge on any atom is 0.151 e. The number of nitrogens with one attached hydrogen (secondary N) is 1. The summed E-state index contributed by atoms with van der Waals surface area (Å²) in [5.74, 6) is 1.13. The Morgan fingerprint density at radius 2 is 1.87 bits per heavy atom. The second kappa shape index (κ2) is 7.84. The van der Waals surface area contributed by atoms with Crippen LogP contribution < -0.4 is 5.32 Å². The Kier molecular flexibility index (Phi) is 8.17. The monoisotopic (exact) mass is 347 g/mol. The van der Waals surface area contributed by atoms with Crippen molar-refractivity contribution in [2.24, 2.45) is 5.92 Å². The molecule has 0 rings (SSSR count). The van der Waals surface area contributed by atoms with Crippen molar-refractivity contribution >= 4 is 32.4 Å². The molecule has 0 aliphatic rings. The van der Waals surface area contributed by atoms with E-state index in [1.807, 2.05) is 6.92 Å². The van der Waals surface area contributed by atoms with E-state index >= 15 is 0 Å². The van der Waals surface area contributed by atoms with Crippen LogP contribution in [0.2, 0.25) is 0 Å². The van der Waals surface area contributed by atoms with Gasteiger partial charge in [0, 0.05) is 22.8 Å². The lowest BCUT2D eigenvalue weighted by molar-refractivity contribution is 0.447. The zero-order chi connectivity index (χ0) is 11.9. The normalized spacial score (nSPS) is 14.5. The standard InChI is InChI=1S/C10H22INO2S/c1-4-6-15(13,14)7-5-12-10(8-11)9(2)3/h9-10,12H,4-8H2,1-3H3. The highest BCUT2D eigenvalue weighted by Crippen LogP contribution is 2.04. The zero-order valence-electron chi connectivity index (χ0n) is 9.79. The molecule has 0 radical (unpaired) electrons. The highest BCUT2D eigenvalue weighted by Gasteiger charge is 2.13. The van der Waals surface area contributed by atoms with Crippen LogP contribution in [-0.2, 0) is 9.84 Å². The Balaban J connectivity index is 3.87. The van der Waals surface area contributed by atoms with Gasteiger partial charge in [-0.3, -0.25) is 0 Å². The Labute approximate surface area is 107 Å². The minimum atomic E-state index is -2.83. The maximum atomic E-state index is 11.4. The average molecular weight is 347 g/mol. The van der Waals surface area contributed by atoms with Gasteiger partial charge in [-0.25, -0.2) is 8.42 Å². The Morgan fingerprint density at radius 3 is 2.27 bits per heavy atom. The van der Waals surface area contributed by atoms with Crippen molar-refractivity contribution in [1.29, 1.82) is 0 Å². The van der Waals surface area contributed by atoms with E-state index in [1.54, 1.807) is 0 Å². The molecule has 0 aromatic carbocycles. The van der Waals surface area contributed by atoms with Gasteiger partial charge in [0.15, 0.2) is 9.84 Å². The molecule has 0 amide bonds. The molecule has 15 heavy (non-hydrogen) atoms. The number of rotatable bonds is 8. The van der Waals surface area contributed by atoms with E-state index < -0.39 is 9.84 Å². The quantitative estimate of drug-likeness (QED) is 0.539. The molecule has 0 aliphatic heterocycles. The molecule has 0 aromatic heterocycles. The number of hydrogen-bond donors (Lipinski definition) is 1. The first-order chi connectivity index (χ1) is 6.93. The molecule has 0 saturated heterocycles. The van der Waals surface area contributed by atoms with Crippen molar-refractivity contribution in [3.8, 4) is 0 Å². The minimum absolute atomic E-state index is 0.265. The number of alkyl halides is 1. The highest BCUT2D eigenvalue weighted by molar-refractivity contribution is 14.1. The first-order valence-corrected chi connectivity index (χ1v) is 8.77. The van der Waals surface area contributed by atoms with E-state index in [1.165, 1.54) is 0 Å². The fraction of sp³-hybridized carbons (Fsp3) is 1.00. The fourth-order valence-electron chi connectivity index (χ4n) is 1.28. The number of hydrogen-bond acceptors (Lipinski definition) is 3. The molecule has 0 fully saturated rings. The van der Waals surface area contributed by atoms with Gasteiger partial charge in [0.25, 0.3) is 0 Å². The zero-order valence-corrected chi connectivity index (χ0v) is 12.8. The summed E-state index contributed by atoms with van der Waals surface area (Å²) in [5, 5.41) is 3.30. The van der Waals surface area contributed by atoms with Gasteiger partial charge in [-0.05, 0) is 12.3 Å². The predicted molar refractivity (Wildman–Crippen MR) is 74.5 cm³/mol. The van der Waals surface area contributed by atoms with E-state index in [9.17, 15) is 8.42 Å². The molecule has 5 heteroatoms. The van der Waals surface area contributed by atoms with Gasteiger partial charge in [-0.1, -0.05) is 43.4 Å². The topological polar surface area (TPSA) is 46.2 Å².